The van der Waals surface area contributed by atoms with Crippen LogP contribution in [0.15, 0.2) is 29.2 Å². The third kappa shape index (κ3) is 2.79. The quantitative estimate of drug-likeness (QED) is 0.891. The van der Waals surface area contributed by atoms with Crippen LogP contribution in [0.5, 0.6) is 0 Å². The monoisotopic (exact) mass is 248 g/mol. The molecule has 0 aliphatic carbocycles. The van der Waals surface area contributed by atoms with E-state index >= 15 is 0 Å². The second kappa shape index (κ2) is 4.92. The molecule has 6 heteroatoms. The van der Waals surface area contributed by atoms with E-state index in [-0.39, 0.29) is 5.91 Å². The van der Waals surface area contributed by atoms with Crippen LogP contribution in [-0.4, -0.2) is 27.8 Å². The zero-order valence-electron chi connectivity index (χ0n) is 9.33. The summed E-state index contributed by atoms with van der Waals surface area (Å²) in [4.78, 5) is 21.4. The van der Waals surface area contributed by atoms with Crippen molar-refractivity contribution in [2.75, 3.05) is 12.8 Å². The summed E-state index contributed by atoms with van der Waals surface area (Å²) in [6.45, 7) is 0.564. The number of aromatic nitrogens is 2. The number of carbonyl (C=O) groups excluding carboxylic acids is 1. The highest BCUT2D eigenvalue weighted by atomic mass is 32.1. The van der Waals surface area contributed by atoms with Crippen LogP contribution < -0.4 is 5.73 Å². The topological polar surface area (TPSA) is 72.1 Å². The summed E-state index contributed by atoms with van der Waals surface area (Å²) in [6.07, 6.45) is 2.77. The molecule has 2 aromatic heterocycles. The van der Waals surface area contributed by atoms with E-state index in [2.05, 4.69) is 9.97 Å². The number of rotatable bonds is 3. The maximum absolute atomic E-state index is 12.0. The number of amides is 1. The number of nitrogens with zero attached hydrogens (tertiary/aromatic N) is 3. The summed E-state index contributed by atoms with van der Waals surface area (Å²) >= 11 is 1.61. The maximum atomic E-state index is 12.0. The molecular formula is C11H12N4OS. The predicted molar refractivity (Wildman–Crippen MR) is 66.6 cm³/mol. The molecular weight excluding hydrogens is 236 g/mol. The number of anilines is 1. The number of thiophene rings is 1. The minimum absolute atomic E-state index is 0.163. The largest absolute Gasteiger partial charge is 0.382 e. The minimum atomic E-state index is -0.163. The van der Waals surface area contributed by atoms with E-state index in [1.54, 1.807) is 23.3 Å². The number of carbonyl (C=O) groups is 1. The first-order chi connectivity index (χ1) is 8.16. The van der Waals surface area contributed by atoms with Crippen LogP contribution in [0.1, 0.15) is 16.1 Å². The van der Waals surface area contributed by atoms with Gasteiger partial charge in [-0.25, -0.2) is 9.97 Å². The molecule has 0 aliphatic heterocycles. The average molecular weight is 248 g/mol. The number of nitrogens with two attached hydrogens (primary N) is 1. The van der Waals surface area contributed by atoms with Gasteiger partial charge in [-0.3, -0.25) is 4.79 Å². The highest BCUT2D eigenvalue weighted by molar-refractivity contribution is 7.07. The van der Waals surface area contributed by atoms with Crippen LogP contribution in [0.3, 0.4) is 0 Å². The van der Waals surface area contributed by atoms with Crippen LogP contribution in [0.2, 0.25) is 0 Å². The Balaban J connectivity index is 2.07. The van der Waals surface area contributed by atoms with Crippen LogP contribution in [0, 0.1) is 0 Å². The molecule has 0 radical (unpaired) electrons. The van der Waals surface area contributed by atoms with Crippen molar-refractivity contribution in [2.45, 2.75) is 6.54 Å². The standard InChI is InChI=1S/C11H12N4OS/c1-15(6-8-2-3-17-7-8)11(16)9-4-14-10(12)5-13-9/h2-5,7H,6H2,1H3,(H2,12,14). The molecule has 5 nitrogen and oxygen atoms in total. The van der Waals surface area contributed by atoms with Gasteiger partial charge < -0.3 is 10.6 Å². The summed E-state index contributed by atoms with van der Waals surface area (Å²) in [5, 5.41) is 4.00. The second-order valence-electron chi connectivity index (χ2n) is 3.62. The summed E-state index contributed by atoms with van der Waals surface area (Å²) in [5.41, 5.74) is 6.82. The third-order valence-corrected chi connectivity index (χ3v) is 2.97. The van der Waals surface area contributed by atoms with E-state index in [9.17, 15) is 4.79 Å². The second-order valence-corrected chi connectivity index (χ2v) is 4.40. The fourth-order valence-electron chi connectivity index (χ4n) is 1.37. The van der Waals surface area contributed by atoms with Crippen molar-refractivity contribution in [1.82, 2.24) is 14.9 Å². The Morgan fingerprint density at radius 2 is 2.29 bits per heavy atom. The predicted octanol–water partition coefficient (Wildman–Crippen LogP) is 1.39. The summed E-state index contributed by atoms with van der Waals surface area (Å²) < 4.78 is 0. The van der Waals surface area contributed by atoms with Gasteiger partial charge in [-0.1, -0.05) is 0 Å². The summed E-state index contributed by atoms with van der Waals surface area (Å²) in [6, 6.07) is 1.99. The SMILES string of the molecule is CN(Cc1ccsc1)C(=O)c1cnc(N)cn1. The van der Waals surface area contributed by atoms with Crippen molar-refractivity contribution in [3.8, 4) is 0 Å². The first kappa shape index (κ1) is 11.5. The van der Waals surface area contributed by atoms with E-state index in [4.69, 9.17) is 5.73 Å². The Kier molecular flexibility index (Phi) is 3.34. The van der Waals surface area contributed by atoms with E-state index in [1.807, 2.05) is 16.8 Å². The molecule has 0 fully saturated rings. The van der Waals surface area contributed by atoms with Crippen molar-refractivity contribution < 1.29 is 4.79 Å². The molecule has 2 aromatic rings. The molecule has 1 amide bonds. The zero-order chi connectivity index (χ0) is 12.3. The van der Waals surface area contributed by atoms with Crippen LogP contribution in [-0.2, 0) is 6.54 Å². The Morgan fingerprint density at radius 3 is 2.88 bits per heavy atom. The Labute approximate surface area is 103 Å². The van der Waals surface area contributed by atoms with Crippen LogP contribution in [0.25, 0.3) is 0 Å². The van der Waals surface area contributed by atoms with Gasteiger partial charge in [0.1, 0.15) is 11.5 Å². The number of hydrogen-bond donors (Lipinski definition) is 1. The first-order valence-corrected chi connectivity index (χ1v) is 5.95. The van der Waals surface area contributed by atoms with Crippen molar-refractivity contribution in [2.24, 2.45) is 0 Å². The molecule has 2 N–H and O–H groups in total. The van der Waals surface area contributed by atoms with E-state index in [0.29, 0.717) is 18.1 Å². The lowest BCUT2D eigenvalue weighted by Gasteiger charge is -2.15. The summed E-state index contributed by atoms with van der Waals surface area (Å²) in [5.74, 6) is 0.144. The molecule has 0 bridgehead atoms. The smallest absolute Gasteiger partial charge is 0.274 e. The molecule has 2 rings (SSSR count). The maximum Gasteiger partial charge on any atom is 0.274 e. The minimum Gasteiger partial charge on any atom is -0.382 e. The molecule has 0 unspecified atom stereocenters. The van der Waals surface area contributed by atoms with Gasteiger partial charge in [-0.2, -0.15) is 11.3 Å². The van der Waals surface area contributed by atoms with Gasteiger partial charge in [-0.15, -0.1) is 0 Å². The van der Waals surface area contributed by atoms with Gasteiger partial charge in [0.25, 0.3) is 5.91 Å². The Bertz CT molecular complexity index is 495. The normalized spacial score (nSPS) is 10.2. The molecule has 88 valence electrons. The molecule has 0 saturated carbocycles. The fourth-order valence-corrected chi connectivity index (χ4v) is 2.03. The van der Waals surface area contributed by atoms with Crippen LogP contribution in [0.4, 0.5) is 5.82 Å². The highest BCUT2D eigenvalue weighted by Crippen LogP contribution is 2.10. The van der Waals surface area contributed by atoms with Crippen LogP contribution >= 0.6 is 11.3 Å². The van der Waals surface area contributed by atoms with Crippen molar-refractivity contribution in [1.29, 1.82) is 0 Å². The molecule has 0 spiro atoms. The van der Waals surface area contributed by atoms with Gasteiger partial charge in [0.05, 0.1) is 12.4 Å². The van der Waals surface area contributed by atoms with E-state index in [0.717, 1.165) is 5.56 Å². The van der Waals surface area contributed by atoms with Gasteiger partial charge in [0, 0.05) is 13.6 Å². The van der Waals surface area contributed by atoms with Gasteiger partial charge in [0.15, 0.2) is 0 Å². The molecule has 0 atom stereocenters. The lowest BCUT2D eigenvalue weighted by molar-refractivity contribution is 0.0779. The van der Waals surface area contributed by atoms with Gasteiger partial charge in [-0.05, 0) is 22.4 Å². The molecule has 2 heterocycles. The molecule has 0 aliphatic rings. The first-order valence-electron chi connectivity index (χ1n) is 5.01. The van der Waals surface area contributed by atoms with Crippen molar-refractivity contribution in [3.05, 3.63) is 40.5 Å². The zero-order valence-corrected chi connectivity index (χ0v) is 10.1. The molecule has 0 saturated heterocycles. The van der Waals surface area contributed by atoms with E-state index in [1.165, 1.54) is 12.4 Å². The Morgan fingerprint density at radius 1 is 1.47 bits per heavy atom. The Hall–Kier alpha value is -1.95. The third-order valence-electron chi connectivity index (χ3n) is 2.24. The molecule has 17 heavy (non-hydrogen) atoms. The highest BCUT2D eigenvalue weighted by Gasteiger charge is 2.13. The van der Waals surface area contributed by atoms with E-state index < -0.39 is 0 Å². The lowest BCUT2D eigenvalue weighted by atomic mass is 10.3. The average Bonchev–Trinajstić information content (AvgIpc) is 2.82. The number of nitrogen functional groups attached to an aromatic ring is 1. The van der Waals surface area contributed by atoms with Crippen molar-refractivity contribution >= 4 is 23.1 Å². The lowest BCUT2D eigenvalue weighted by Crippen LogP contribution is -2.27. The van der Waals surface area contributed by atoms with Gasteiger partial charge >= 0.3 is 0 Å². The van der Waals surface area contributed by atoms with Crippen molar-refractivity contribution in [3.63, 3.8) is 0 Å². The van der Waals surface area contributed by atoms with Gasteiger partial charge in [0.2, 0.25) is 0 Å². The fraction of sp³-hybridized carbons (Fsp3) is 0.182. The summed E-state index contributed by atoms with van der Waals surface area (Å²) in [7, 11) is 1.73. The number of hydrogen-bond acceptors (Lipinski definition) is 5. The molecule has 0 aromatic carbocycles.